The van der Waals surface area contributed by atoms with E-state index in [9.17, 15) is 19.7 Å². The van der Waals surface area contributed by atoms with Crippen molar-refractivity contribution in [2.45, 2.75) is 35.5 Å². The van der Waals surface area contributed by atoms with Gasteiger partial charge in [0.2, 0.25) is 0 Å². The molecule has 1 amide bonds. The summed E-state index contributed by atoms with van der Waals surface area (Å²) >= 11 is 1.45. The van der Waals surface area contributed by atoms with Crippen LogP contribution < -0.4 is 5.32 Å². The summed E-state index contributed by atoms with van der Waals surface area (Å²) in [5.74, 6) is -0.946. The molecule has 186 valence electrons. The molecule has 1 heterocycles. The molecule has 8 nitrogen and oxygen atoms in total. The van der Waals surface area contributed by atoms with Crippen LogP contribution in [0.25, 0.3) is 10.9 Å². The molecule has 0 saturated heterocycles. The molecule has 0 saturated carbocycles. The molecule has 3 aromatic carbocycles. The number of anilines is 1. The van der Waals surface area contributed by atoms with Gasteiger partial charge in [-0.3, -0.25) is 19.9 Å². The normalized spacial score (nSPS) is 12.5. The number of nitro groups is 1. The Bertz CT molecular complexity index is 1490. The Labute approximate surface area is 217 Å². The number of ether oxygens (including phenoxy) is 1. The average molecular weight is 514 g/mol. The quantitative estimate of drug-likeness (QED) is 0.184. The van der Waals surface area contributed by atoms with Crippen molar-refractivity contribution in [1.29, 1.82) is 0 Å². The summed E-state index contributed by atoms with van der Waals surface area (Å²) in [5, 5.41) is 14.3. The van der Waals surface area contributed by atoms with Crippen molar-refractivity contribution in [3.63, 3.8) is 0 Å². The van der Waals surface area contributed by atoms with Crippen LogP contribution >= 0.6 is 11.8 Å². The van der Waals surface area contributed by atoms with Crippen LogP contribution in [0.4, 0.5) is 11.4 Å². The molecule has 1 N–H and O–H groups in total. The molecule has 37 heavy (non-hydrogen) atoms. The van der Waals surface area contributed by atoms with E-state index in [0.29, 0.717) is 11.3 Å². The van der Waals surface area contributed by atoms with Crippen molar-refractivity contribution in [1.82, 2.24) is 4.98 Å². The Morgan fingerprint density at radius 3 is 2.35 bits per heavy atom. The number of hydrogen-bond donors (Lipinski definition) is 1. The van der Waals surface area contributed by atoms with Crippen LogP contribution in [0.1, 0.15) is 34.5 Å². The first-order chi connectivity index (χ1) is 18.0. The van der Waals surface area contributed by atoms with Gasteiger partial charge >= 0.3 is 5.97 Å². The number of rotatable bonds is 7. The van der Waals surface area contributed by atoms with Gasteiger partial charge < -0.3 is 10.1 Å². The average Bonchev–Trinajstić information content (AvgIpc) is 2.91. The molecule has 0 radical (unpaired) electrons. The monoisotopic (exact) mass is 513 g/mol. The fraction of sp³-hybridized carbons (Fsp3) is 0.179. The van der Waals surface area contributed by atoms with E-state index < -0.39 is 23.4 Å². The number of nitrogens with zero attached hydrogens (tertiary/aromatic N) is 2. The summed E-state index contributed by atoms with van der Waals surface area (Å²) < 4.78 is 5.43. The summed E-state index contributed by atoms with van der Waals surface area (Å²) in [6.07, 6.45) is 3.64. The topological polar surface area (TPSA) is 111 Å². The van der Waals surface area contributed by atoms with Crippen LogP contribution in [0.3, 0.4) is 0 Å². The third kappa shape index (κ3) is 5.62. The lowest BCUT2D eigenvalue weighted by Gasteiger charge is -2.19. The van der Waals surface area contributed by atoms with Crippen LogP contribution in [0, 0.1) is 10.1 Å². The van der Waals surface area contributed by atoms with Gasteiger partial charge in [0, 0.05) is 38.7 Å². The summed E-state index contributed by atoms with van der Waals surface area (Å²) in [4.78, 5) is 42.5. The lowest BCUT2D eigenvalue weighted by Crippen LogP contribution is -2.22. The summed E-state index contributed by atoms with van der Waals surface area (Å²) in [7, 11) is 0. The van der Waals surface area contributed by atoms with E-state index in [1.165, 1.54) is 23.9 Å². The number of carbonyl (C=O) groups is 2. The molecule has 0 spiro atoms. The van der Waals surface area contributed by atoms with Crippen molar-refractivity contribution in [3.05, 3.63) is 99.7 Å². The van der Waals surface area contributed by atoms with Gasteiger partial charge in [-0.05, 0) is 73.7 Å². The highest BCUT2D eigenvalue weighted by molar-refractivity contribution is 7.99. The second-order valence-corrected chi connectivity index (χ2v) is 9.78. The molecule has 0 aliphatic heterocycles. The van der Waals surface area contributed by atoms with Crippen molar-refractivity contribution in [2.24, 2.45) is 0 Å². The van der Waals surface area contributed by atoms with Crippen molar-refractivity contribution < 1.29 is 19.2 Å². The first kappa shape index (κ1) is 24.5. The Morgan fingerprint density at radius 1 is 0.946 bits per heavy atom. The number of nitro benzene ring substituents is 1. The smallest absolute Gasteiger partial charge is 0.339 e. The fourth-order valence-electron chi connectivity index (χ4n) is 4.38. The van der Waals surface area contributed by atoms with Crippen molar-refractivity contribution in [3.8, 4) is 0 Å². The Morgan fingerprint density at radius 2 is 1.62 bits per heavy atom. The number of aryl methyl sites for hydroxylation is 1. The van der Waals surface area contributed by atoms with Crippen molar-refractivity contribution in [2.75, 3.05) is 11.9 Å². The van der Waals surface area contributed by atoms with E-state index >= 15 is 0 Å². The molecular formula is C28H23N3O5S. The molecule has 0 fully saturated rings. The SMILES string of the molecule is O=C(COC(=O)c1c2c(nc3ccccc13)CCCC2)Nc1ccc(Sc2ccc([N+](=O)[O-])cc2)cc1. The summed E-state index contributed by atoms with van der Waals surface area (Å²) in [6.45, 7) is -0.399. The molecule has 4 aromatic rings. The highest BCUT2D eigenvalue weighted by atomic mass is 32.2. The zero-order valence-electron chi connectivity index (χ0n) is 19.8. The molecule has 1 aliphatic rings. The number of hydrogen-bond acceptors (Lipinski definition) is 7. The predicted octanol–water partition coefficient (Wildman–Crippen LogP) is 5.97. The van der Waals surface area contributed by atoms with E-state index in [4.69, 9.17) is 9.72 Å². The van der Waals surface area contributed by atoms with E-state index in [2.05, 4.69) is 5.32 Å². The molecule has 1 aromatic heterocycles. The van der Waals surface area contributed by atoms with Crippen LogP contribution in [0.15, 0.2) is 82.6 Å². The lowest BCUT2D eigenvalue weighted by molar-refractivity contribution is -0.384. The van der Waals surface area contributed by atoms with Gasteiger partial charge in [-0.25, -0.2) is 4.79 Å². The van der Waals surface area contributed by atoms with E-state index in [1.54, 1.807) is 24.3 Å². The number of non-ortho nitro benzene ring substituents is 1. The maximum Gasteiger partial charge on any atom is 0.339 e. The van der Waals surface area contributed by atoms with E-state index in [0.717, 1.165) is 57.6 Å². The predicted molar refractivity (Wildman–Crippen MR) is 141 cm³/mol. The number of aromatic nitrogens is 1. The molecule has 0 atom stereocenters. The zero-order valence-corrected chi connectivity index (χ0v) is 20.6. The maximum absolute atomic E-state index is 13.1. The Hall–Kier alpha value is -4.24. The van der Waals surface area contributed by atoms with Crippen LogP contribution in [0.5, 0.6) is 0 Å². The third-order valence-electron chi connectivity index (χ3n) is 6.13. The molecule has 1 aliphatic carbocycles. The highest BCUT2D eigenvalue weighted by Gasteiger charge is 2.24. The molecule has 0 unspecified atom stereocenters. The largest absolute Gasteiger partial charge is 0.452 e. The van der Waals surface area contributed by atoms with E-state index in [-0.39, 0.29) is 5.69 Å². The number of benzene rings is 3. The number of amides is 1. The number of nitrogens with one attached hydrogen (secondary N) is 1. The van der Waals surface area contributed by atoms with Gasteiger partial charge in [0.05, 0.1) is 16.0 Å². The minimum atomic E-state index is -0.512. The standard InChI is InChI=1S/C28H23N3O5S/c32-26(29-18-9-13-20(14-10-18)37-21-15-11-19(12-16-21)31(34)35)17-36-28(33)27-22-5-1-3-7-24(22)30-25-8-4-2-6-23(25)27/h1,3,5,7,9-16H,2,4,6,8,17H2,(H,29,32). The molecule has 0 bridgehead atoms. The van der Waals surface area contributed by atoms with E-state index in [1.807, 2.05) is 36.4 Å². The summed E-state index contributed by atoms with van der Waals surface area (Å²) in [5.41, 5.74) is 3.75. The van der Waals surface area contributed by atoms with Gasteiger partial charge in [0.1, 0.15) is 0 Å². The van der Waals surface area contributed by atoms with Crippen molar-refractivity contribution >= 4 is 45.9 Å². The highest BCUT2D eigenvalue weighted by Crippen LogP contribution is 2.31. The number of carbonyl (C=O) groups excluding carboxylic acids is 2. The maximum atomic E-state index is 13.1. The second kappa shape index (κ2) is 10.8. The van der Waals surface area contributed by atoms with Gasteiger partial charge in [0.15, 0.2) is 6.61 Å². The van der Waals surface area contributed by atoms with Gasteiger partial charge in [-0.2, -0.15) is 0 Å². The third-order valence-corrected chi connectivity index (χ3v) is 7.14. The Kier molecular flexibility index (Phi) is 7.14. The van der Waals surface area contributed by atoms with Crippen LogP contribution in [-0.2, 0) is 22.4 Å². The second-order valence-electron chi connectivity index (χ2n) is 8.64. The van der Waals surface area contributed by atoms with Gasteiger partial charge in [-0.1, -0.05) is 30.0 Å². The fourth-order valence-corrected chi connectivity index (χ4v) is 5.20. The number of para-hydroxylation sites is 1. The first-order valence-electron chi connectivity index (χ1n) is 11.9. The Balaban J connectivity index is 1.21. The molecular weight excluding hydrogens is 490 g/mol. The van der Waals surface area contributed by atoms with Crippen LogP contribution in [0.2, 0.25) is 0 Å². The number of fused-ring (bicyclic) bond motifs is 2. The minimum Gasteiger partial charge on any atom is -0.452 e. The van der Waals surface area contributed by atoms with Gasteiger partial charge in [0.25, 0.3) is 11.6 Å². The lowest BCUT2D eigenvalue weighted by atomic mass is 9.90. The first-order valence-corrected chi connectivity index (χ1v) is 12.7. The molecule has 5 rings (SSSR count). The minimum absolute atomic E-state index is 0.0418. The van der Waals surface area contributed by atoms with Crippen LogP contribution in [-0.4, -0.2) is 28.4 Å². The number of esters is 1. The molecule has 9 heteroatoms. The summed E-state index contributed by atoms with van der Waals surface area (Å²) in [6, 6.07) is 21.0. The zero-order chi connectivity index (χ0) is 25.8. The number of pyridine rings is 1. The van der Waals surface area contributed by atoms with Gasteiger partial charge in [-0.15, -0.1) is 0 Å².